The first-order chi connectivity index (χ1) is 7.25. The van der Waals surface area contributed by atoms with E-state index in [0.717, 1.165) is 14.7 Å². The zero-order valence-corrected chi connectivity index (χ0v) is 11.5. The molecule has 1 aliphatic rings. The van der Waals surface area contributed by atoms with Gasteiger partial charge in [0.15, 0.2) is 0 Å². The molecular weight excluding hydrogens is 294 g/mol. The lowest BCUT2D eigenvalue weighted by molar-refractivity contribution is 0.515. The summed E-state index contributed by atoms with van der Waals surface area (Å²) in [6, 6.07) is 1.92. The Bertz CT molecular complexity index is 339. The summed E-state index contributed by atoms with van der Waals surface area (Å²) in [5.41, 5.74) is 0. The lowest BCUT2D eigenvalue weighted by atomic mass is 10.0. The number of rotatable bonds is 2. The summed E-state index contributed by atoms with van der Waals surface area (Å²) in [5.74, 6) is 0. The highest BCUT2D eigenvalue weighted by molar-refractivity contribution is 9.10. The monoisotopic (exact) mass is 305 g/mol. The van der Waals surface area contributed by atoms with E-state index >= 15 is 0 Å². The number of aromatic nitrogens is 1. The SMILES string of the molecule is Clc1cnc(SC2CCCCC2)c(Br)c1. The summed E-state index contributed by atoms with van der Waals surface area (Å²) >= 11 is 11.2. The topological polar surface area (TPSA) is 12.9 Å². The maximum atomic E-state index is 5.86. The molecule has 15 heavy (non-hydrogen) atoms. The van der Waals surface area contributed by atoms with E-state index in [0.29, 0.717) is 5.02 Å². The predicted octanol–water partition coefficient (Wildman–Crippen LogP) is 4.92. The Hall–Kier alpha value is 0.270. The quantitative estimate of drug-likeness (QED) is 0.769. The lowest BCUT2D eigenvalue weighted by Gasteiger charge is -2.20. The van der Waals surface area contributed by atoms with Crippen molar-refractivity contribution in [2.75, 3.05) is 0 Å². The zero-order chi connectivity index (χ0) is 10.7. The maximum absolute atomic E-state index is 5.86. The summed E-state index contributed by atoms with van der Waals surface area (Å²) in [7, 11) is 0. The Morgan fingerprint density at radius 3 is 2.73 bits per heavy atom. The van der Waals surface area contributed by atoms with Gasteiger partial charge in [-0.15, -0.1) is 11.8 Å². The van der Waals surface area contributed by atoms with Gasteiger partial charge < -0.3 is 0 Å². The summed E-state index contributed by atoms with van der Waals surface area (Å²) in [5, 5.41) is 2.50. The van der Waals surface area contributed by atoms with Crippen molar-refractivity contribution in [2.45, 2.75) is 42.4 Å². The van der Waals surface area contributed by atoms with Crippen molar-refractivity contribution in [3.63, 3.8) is 0 Å². The van der Waals surface area contributed by atoms with Crippen molar-refractivity contribution in [3.05, 3.63) is 21.8 Å². The lowest BCUT2D eigenvalue weighted by Crippen LogP contribution is -2.08. The number of thioether (sulfide) groups is 1. The van der Waals surface area contributed by atoms with E-state index in [1.54, 1.807) is 6.20 Å². The molecule has 0 unspecified atom stereocenters. The highest BCUT2D eigenvalue weighted by atomic mass is 79.9. The van der Waals surface area contributed by atoms with E-state index in [1.165, 1.54) is 32.1 Å². The van der Waals surface area contributed by atoms with E-state index < -0.39 is 0 Å². The van der Waals surface area contributed by atoms with Gasteiger partial charge in [-0.05, 0) is 34.8 Å². The molecule has 1 nitrogen and oxygen atoms in total. The van der Waals surface area contributed by atoms with Crippen LogP contribution in [0.3, 0.4) is 0 Å². The average Bonchev–Trinajstić information content (AvgIpc) is 2.24. The van der Waals surface area contributed by atoms with Crippen molar-refractivity contribution in [2.24, 2.45) is 0 Å². The third-order valence-electron chi connectivity index (χ3n) is 2.60. The maximum Gasteiger partial charge on any atom is 0.111 e. The van der Waals surface area contributed by atoms with Crippen molar-refractivity contribution in [3.8, 4) is 0 Å². The van der Waals surface area contributed by atoms with Crippen LogP contribution >= 0.6 is 39.3 Å². The third kappa shape index (κ3) is 3.36. The Kier molecular flexibility index (Phi) is 4.35. The molecule has 82 valence electrons. The van der Waals surface area contributed by atoms with Crippen LogP contribution in [0.4, 0.5) is 0 Å². The smallest absolute Gasteiger partial charge is 0.111 e. The molecule has 0 bridgehead atoms. The molecule has 0 radical (unpaired) electrons. The van der Waals surface area contributed by atoms with Crippen LogP contribution in [0.5, 0.6) is 0 Å². The Morgan fingerprint density at radius 1 is 1.33 bits per heavy atom. The van der Waals surface area contributed by atoms with Gasteiger partial charge in [0.25, 0.3) is 0 Å². The summed E-state index contributed by atoms with van der Waals surface area (Å²) in [6.07, 6.45) is 8.48. The standard InChI is InChI=1S/C11H13BrClNS/c12-10-6-8(13)7-14-11(10)15-9-4-2-1-3-5-9/h6-7,9H,1-5H2. The summed E-state index contributed by atoms with van der Waals surface area (Å²) in [6.45, 7) is 0. The number of hydrogen-bond donors (Lipinski definition) is 0. The molecule has 0 N–H and O–H groups in total. The van der Waals surface area contributed by atoms with Gasteiger partial charge in [-0.25, -0.2) is 4.98 Å². The number of nitrogens with zero attached hydrogens (tertiary/aromatic N) is 1. The fourth-order valence-corrected chi connectivity index (χ4v) is 3.92. The minimum Gasteiger partial charge on any atom is -0.247 e. The molecule has 1 fully saturated rings. The number of halogens is 2. The van der Waals surface area contributed by atoms with Gasteiger partial charge in [-0.2, -0.15) is 0 Å². The van der Waals surface area contributed by atoms with E-state index in [1.807, 2.05) is 17.8 Å². The van der Waals surface area contributed by atoms with Gasteiger partial charge in [0, 0.05) is 11.4 Å². The molecular formula is C11H13BrClNS. The fourth-order valence-electron chi connectivity index (χ4n) is 1.83. The highest BCUT2D eigenvalue weighted by Crippen LogP contribution is 2.36. The normalized spacial score (nSPS) is 18.0. The second kappa shape index (κ2) is 5.55. The highest BCUT2D eigenvalue weighted by Gasteiger charge is 2.16. The molecule has 1 aromatic heterocycles. The van der Waals surface area contributed by atoms with Gasteiger partial charge >= 0.3 is 0 Å². The van der Waals surface area contributed by atoms with Crippen LogP contribution in [0.1, 0.15) is 32.1 Å². The first-order valence-corrected chi connectivity index (χ1v) is 7.28. The molecule has 1 aromatic rings. The van der Waals surface area contributed by atoms with E-state index in [9.17, 15) is 0 Å². The van der Waals surface area contributed by atoms with E-state index in [4.69, 9.17) is 11.6 Å². The molecule has 0 aliphatic heterocycles. The average molecular weight is 307 g/mol. The first kappa shape index (κ1) is 11.7. The molecule has 1 saturated carbocycles. The first-order valence-electron chi connectivity index (χ1n) is 5.23. The Labute approximate surface area is 108 Å². The van der Waals surface area contributed by atoms with Crippen molar-refractivity contribution < 1.29 is 0 Å². The predicted molar refractivity (Wildman–Crippen MR) is 69.7 cm³/mol. The van der Waals surface area contributed by atoms with Crippen molar-refractivity contribution in [1.29, 1.82) is 0 Å². The molecule has 1 aliphatic carbocycles. The molecule has 0 atom stereocenters. The van der Waals surface area contributed by atoms with Gasteiger partial charge in [0.05, 0.1) is 9.50 Å². The molecule has 1 heterocycles. The van der Waals surface area contributed by atoms with Gasteiger partial charge in [-0.3, -0.25) is 0 Å². The van der Waals surface area contributed by atoms with Crippen LogP contribution in [0.15, 0.2) is 21.8 Å². The van der Waals surface area contributed by atoms with Crippen molar-refractivity contribution in [1.82, 2.24) is 4.98 Å². The van der Waals surface area contributed by atoms with Crippen LogP contribution in [-0.4, -0.2) is 10.2 Å². The number of pyridine rings is 1. The third-order valence-corrected chi connectivity index (χ3v) is 5.03. The van der Waals surface area contributed by atoms with E-state index in [2.05, 4.69) is 20.9 Å². The number of hydrogen-bond acceptors (Lipinski definition) is 2. The van der Waals surface area contributed by atoms with Crippen LogP contribution < -0.4 is 0 Å². The minimum atomic E-state index is 0.690. The summed E-state index contributed by atoms with van der Waals surface area (Å²) < 4.78 is 1.02. The summed E-state index contributed by atoms with van der Waals surface area (Å²) in [4.78, 5) is 4.36. The zero-order valence-electron chi connectivity index (χ0n) is 8.38. The van der Waals surface area contributed by atoms with Crippen LogP contribution in [0, 0.1) is 0 Å². The van der Waals surface area contributed by atoms with Crippen LogP contribution in [0.2, 0.25) is 5.02 Å². The molecule has 0 aromatic carbocycles. The largest absolute Gasteiger partial charge is 0.247 e. The van der Waals surface area contributed by atoms with E-state index in [-0.39, 0.29) is 0 Å². The van der Waals surface area contributed by atoms with Gasteiger partial charge in [-0.1, -0.05) is 30.9 Å². The van der Waals surface area contributed by atoms with Crippen LogP contribution in [-0.2, 0) is 0 Å². The van der Waals surface area contributed by atoms with Crippen LogP contribution in [0.25, 0.3) is 0 Å². The van der Waals surface area contributed by atoms with Crippen molar-refractivity contribution >= 4 is 39.3 Å². The Morgan fingerprint density at radius 2 is 2.07 bits per heavy atom. The molecule has 0 spiro atoms. The molecule has 0 saturated heterocycles. The molecule has 4 heteroatoms. The minimum absolute atomic E-state index is 0.690. The fraction of sp³-hybridized carbons (Fsp3) is 0.545. The second-order valence-electron chi connectivity index (χ2n) is 3.82. The second-order valence-corrected chi connectivity index (χ2v) is 6.40. The molecule has 2 rings (SSSR count). The Balaban J connectivity index is 2.03. The van der Waals surface area contributed by atoms with Gasteiger partial charge in [0.1, 0.15) is 5.03 Å². The van der Waals surface area contributed by atoms with Gasteiger partial charge in [0.2, 0.25) is 0 Å². The molecule has 0 amide bonds.